The fourth-order valence-electron chi connectivity index (χ4n) is 1.60. The number of aryl methyl sites for hydroxylation is 2. The summed E-state index contributed by atoms with van der Waals surface area (Å²) in [4.78, 5) is 0. The smallest absolute Gasteiger partial charge is 0.111 e. The maximum atomic E-state index is 7.57. The van der Waals surface area contributed by atoms with Gasteiger partial charge in [0.15, 0.2) is 0 Å². The van der Waals surface area contributed by atoms with E-state index in [0.717, 1.165) is 22.5 Å². The normalized spacial score (nSPS) is 10.2. The molecule has 0 bridgehead atoms. The second-order valence-corrected chi connectivity index (χ2v) is 4.32. The van der Waals surface area contributed by atoms with E-state index in [1.165, 1.54) is 0 Å². The van der Waals surface area contributed by atoms with Crippen LogP contribution in [0.3, 0.4) is 0 Å². The molecule has 0 fully saturated rings. The van der Waals surface area contributed by atoms with Crippen LogP contribution in [0.2, 0.25) is 0 Å². The molecular formula is C16H21N3O. The van der Waals surface area contributed by atoms with Crippen molar-refractivity contribution < 1.29 is 5.11 Å². The van der Waals surface area contributed by atoms with Crippen molar-refractivity contribution in [3.63, 3.8) is 0 Å². The molecule has 2 aromatic rings. The van der Waals surface area contributed by atoms with Crippen LogP contribution in [0.1, 0.15) is 18.1 Å². The summed E-state index contributed by atoms with van der Waals surface area (Å²) in [7, 11) is 0. The third-order valence-corrected chi connectivity index (χ3v) is 2.64. The Balaban J connectivity index is 0.000000612. The summed E-state index contributed by atoms with van der Waals surface area (Å²) in [5.74, 6) is 0. The molecule has 0 spiro atoms. The second kappa shape index (κ2) is 8.07. The quantitative estimate of drug-likeness (QED) is 0.631. The van der Waals surface area contributed by atoms with Gasteiger partial charge < -0.3 is 10.8 Å². The first-order chi connectivity index (χ1) is 9.60. The number of hydrogen-bond acceptors (Lipinski definition) is 4. The van der Waals surface area contributed by atoms with Crippen molar-refractivity contribution >= 4 is 17.1 Å². The number of rotatable bonds is 2. The highest BCUT2D eigenvalue weighted by Crippen LogP contribution is 2.28. The number of azo groups is 1. The summed E-state index contributed by atoms with van der Waals surface area (Å²) in [5, 5.41) is 16.0. The van der Waals surface area contributed by atoms with E-state index in [0.29, 0.717) is 5.69 Å². The molecule has 20 heavy (non-hydrogen) atoms. The van der Waals surface area contributed by atoms with Crippen LogP contribution < -0.4 is 5.73 Å². The minimum atomic E-state index is 0.250. The number of nitrogens with zero attached hydrogens (tertiary/aromatic N) is 2. The van der Waals surface area contributed by atoms with Crippen LogP contribution >= 0.6 is 0 Å². The molecule has 0 aromatic heterocycles. The van der Waals surface area contributed by atoms with Crippen LogP contribution in [0.25, 0.3) is 0 Å². The third kappa shape index (κ3) is 4.48. The summed E-state index contributed by atoms with van der Waals surface area (Å²) in [5.41, 5.74) is 10.3. The lowest BCUT2D eigenvalue weighted by atomic mass is 10.2. The Labute approximate surface area is 120 Å². The molecule has 0 aliphatic rings. The Bertz CT molecular complexity index is 559. The van der Waals surface area contributed by atoms with Crippen LogP contribution in [0.5, 0.6) is 0 Å². The van der Waals surface area contributed by atoms with Crippen molar-refractivity contribution in [1.82, 2.24) is 0 Å². The first kappa shape index (κ1) is 15.9. The minimum absolute atomic E-state index is 0.250. The third-order valence-electron chi connectivity index (χ3n) is 2.64. The monoisotopic (exact) mass is 271 g/mol. The number of hydrogen-bond donors (Lipinski definition) is 2. The van der Waals surface area contributed by atoms with E-state index in [2.05, 4.69) is 10.2 Å². The van der Waals surface area contributed by atoms with Gasteiger partial charge in [0.05, 0.1) is 11.4 Å². The lowest BCUT2D eigenvalue weighted by Gasteiger charge is -2.02. The van der Waals surface area contributed by atoms with E-state index in [9.17, 15) is 0 Å². The molecule has 0 heterocycles. The zero-order chi connectivity index (χ0) is 15.0. The molecule has 0 saturated carbocycles. The molecular weight excluding hydrogens is 250 g/mol. The largest absolute Gasteiger partial charge is 0.397 e. The predicted molar refractivity (Wildman–Crippen MR) is 83.7 cm³/mol. The fourth-order valence-corrected chi connectivity index (χ4v) is 1.60. The van der Waals surface area contributed by atoms with Gasteiger partial charge in [0.1, 0.15) is 5.69 Å². The maximum absolute atomic E-state index is 7.57. The van der Waals surface area contributed by atoms with E-state index in [1.54, 1.807) is 6.92 Å². The molecule has 2 aromatic carbocycles. The van der Waals surface area contributed by atoms with Crippen LogP contribution in [-0.4, -0.2) is 11.7 Å². The molecule has 106 valence electrons. The Morgan fingerprint density at radius 3 is 2.15 bits per heavy atom. The Morgan fingerprint density at radius 2 is 1.55 bits per heavy atom. The highest BCUT2D eigenvalue weighted by Gasteiger charge is 2.01. The molecule has 0 saturated heterocycles. The standard InChI is InChI=1S/C14H15N3.C2H6O/c1-10-6-3-4-9-13(10)16-17-14-11(2)7-5-8-12(14)15;1-2-3/h3-9H,15H2,1-2H3;3H,2H2,1H3. The number of benzene rings is 2. The van der Waals surface area contributed by atoms with Crippen LogP contribution in [0.4, 0.5) is 17.1 Å². The molecule has 4 heteroatoms. The number of anilines is 1. The molecule has 4 nitrogen and oxygen atoms in total. The van der Waals surface area contributed by atoms with Gasteiger partial charge in [-0.15, -0.1) is 5.11 Å². The molecule has 0 atom stereocenters. The maximum Gasteiger partial charge on any atom is 0.111 e. The average molecular weight is 271 g/mol. The van der Waals surface area contributed by atoms with Crippen LogP contribution in [0, 0.1) is 13.8 Å². The van der Waals surface area contributed by atoms with E-state index in [1.807, 2.05) is 56.3 Å². The van der Waals surface area contributed by atoms with Gasteiger partial charge in [-0.2, -0.15) is 5.11 Å². The Morgan fingerprint density at radius 1 is 0.950 bits per heavy atom. The number of nitrogens with two attached hydrogens (primary N) is 1. The highest BCUT2D eigenvalue weighted by atomic mass is 16.2. The predicted octanol–water partition coefficient (Wildman–Crippen LogP) is 4.30. The fraction of sp³-hybridized carbons (Fsp3) is 0.250. The molecule has 0 unspecified atom stereocenters. The SMILES string of the molecule is CCO.Cc1ccccc1N=Nc1c(C)cccc1N. The van der Waals surface area contributed by atoms with Gasteiger partial charge in [0, 0.05) is 6.61 Å². The molecule has 3 N–H and O–H groups in total. The van der Waals surface area contributed by atoms with Gasteiger partial charge in [-0.05, 0) is 44.0 Å². The van der Waals surface area contributed by atoms with Gasteiger partial charge in [0.25, 0.3) is 0 Å². The second-order valence-electron chi connectivity index (χ2n) is 4.32. The zero-order valence-corrected chi connectivity index (χ0v) is 12.2. The highest BCUT2D eigenvalue weighted by molar-refractivity contribution is 5.66. The van der Waals surface area contributed by atoms with Crippen LogP contribution in [-0.2, 0) is 0 Å². The Hall–Kier alpha value is -2.20. The molecule has 0 aliphatic heterocycles. The summed E-state index contributed by atoms with van der Waals surface area (Å²) < 4.78 is 0. The van der Waals surface area contributed by atoms with Gasteiger partial charge >= 0.3 is 0 Å². The van der Waals surface area contributed by atoms with E-state index in [-0.39, 0.29) is 6.61 Å². The van der Waals surface area contributed by atoms with Gasteiger partial charge in [0.2, 0.25) is 0 Å². The van der Waals surface area contributed by atoms with Crippen molar-refractivity contribution in [2.24, 2.45) is 10.2 Å². The number of aliphatic hydroxyl groups excluding tert-OH is 1. The summed E-state index contributed by atoms with van der Waals surface area (Å²) >= 11 is 0. The van der Waals surface area contributed by atoms with Crippen molar-refractivity contribution in [2.45, 2.75) is 20.8 Å². The first-order valence-corrected chi connectivity index (χ1v) is 6.53. The minimum Gasteiger partial charge on any atom is -0.397 e. The molecule has 2 rings (SSSR count). The lowest BCUT2D eigenvalue weighted by Crippen LogP contribution is -1.86. The van der Waals surface area contributed by atoms with Gasteiger partial charge in [-0.1, -0.05) is 30.3 Å². The van der Waals surface area contributed by atoms with E-state index < -0.39 is 0 Å². The summed E-state index contributed by atoms with van der Waals surface area (Å²) in [6.07, 6.45) is 0. The van der Waals surface area contributed by atoms with Crippen molar-refractivity contribution in [2.75, 3.05) is 12.3 Å². The summed E-state index contributed by atoms with van der Waals surface area (Å²) in [6, 6.07) is 13.6. The number of aliphatic hydroxyl groups is 1. The number of nitrogen functional groups attached to an aromatic ring is 1. The molecule has 0 amide bonds. The van der Waals surface area contributed by atoms with Gasteiger partial charge in [-0.3, -0.25) is 0 Å². The van der Waals surface area contributed by atoms with Crippen molar-refractivity contribution in [3.05, 3.63) is 53.6 Å². The van der Waals surface area contributed by atoms with E-state index >= 15 is 0 Å². The van der Waals surface area contributed by atoms with Crippen molar-refractivity contribution in [3.8, 4) is 0 Å². The Kier molecular flexibility index (Phi) is 6.40. The van der Waals surface area contributed by atoms with Crippen molar-refractivity contribution in [1.29, 1.82) is 0 Å². The summed E-state index contributed by atoms with van der Waals surface area (Å²) in [6.45, 7) is 5.91. The van der Waals surface area contributed by atoms with Gasteiger partial charge in [-0.25, -0.2) is 0 Å². The average Bonchev–Trinajstić information content (AvgIpc) is 2.41. The van der Waals surface area contributed by atoms with E-state index in [4.69, 9.17) is 10.8 Å². The molecule has 0 radical (unpaired) electrons. The van der Waals surface area contributed by atoms with Crippen LogP contribution in [0.15, 0.2) is 52.7 Å². The zero-order valence-electron chi connectivity index (χ0n) is 12.2. The topological polar surface area (TPSA) is 71.0 Å². The molecule has 0 aliphatic carbocycles. The lowest BCUT2D eigenvalue weighted by molar-refractivity contribution is 0.318. The first-order valence-electron chi connectivity index (χ1n) is 6.53.